The summed E-state index contributed by atoms with van der Waals surface area (Å²) in [6.45, 7) is 0. The van der Waals surface area contributed by atoms with Gasteiger partial charge in [-0.15, -0.1) is 12.4 Å². The predicted octanol–water partition coefficient (Wildman–Crippen LogP) is 2.40. The smallest absolute Gasteiger partial charge is 0.385 e. The zero-order valence-corrected chi connectivity index (χ0v) is 11.3. The summed E-state index contributed by atoms with van der Waals surface area (Å²) in [5.41, 5.74) is 2.97. The van der Waals surface area contributed by atoms with E-state index in [0.29, 0.717) is 6.42 Å². The van der Waals surface area contributed by atoms with Gasteiger partial charge in [-0.1, -0.05) is 18.2 Å². The molecule has 3 nitrogen and oxygen atoms in total. The van der Waals surface area contributed by atoms with Crippen LogP contribution < -0.4 is 5.73 Å². The SMILES string of the molecule is Cl.NC1(c2ccccc2C(F)(F)F)CCCC(O)C1=O. The van der Waals surface area contributed by atoms with Crippen molar-refractivity contribution in [3.63, 3.8) is 0 Å². The van der Waals surface area contributed by atoms with E-state index in [9.17, 15) is 23.1 Å². The third-order valence-electron chi connectivity index (χ3n) is 3.50. The van der Waals surface area contributed by atoms with Crippen molar-refractivity contribution in [1.82, 2.24) is 0 Å². The third kappa shape index (κ3) is 2.82. The molecule has 0 radical (unpaired) electrons. The second-order valence-electron chi connectivity index (χ2n) is 4.79. The Morgan fingerprint density at radius 3 is 2.50 bits per heavy atom. The number of Topliss-reactive ketones (excluding diaryl/α,β-unsaturated/α-hetero) is 1. The Morgan fingerprint density at radius 1 is 1.30 bits per heavy atom. The summed E-state index contributed by atoms with van der Waals surface area (Å²) in [4.78, 5) is 12.0. The van der Waals surface area contributed by atoms with Crippen LogP contribution in [0.2, 0.25) is 0 Å². The van der Waals surface area contributed by atoms with Crippen LogP contribution in [-0.2, 0) is 16.5 Å². The van der Waals surface area contributed by atoms with Crippen molar-refractivity contribution in [2.45, 2.75) is 37.1 Å². The van der Waals surface area contributed by atoms with E-state index in [-0.39, 0.29) is 30.8 Å². The van der Waals surface area contributed by atoms with Crippen molar-refractivity contribution in [3.8, 4) is 0 Å². The van der Waals surface area contributed by atoms with Crippen LogP contribution in [0.15, 0.2) is 24.3 Å². The number of ketones is 1. The Bertz CT molecular complexity index is 507. The Balaban J connectivity index is 0.00000200. The van der Waals surface area contributed by atoms with Gasteiger partial charge < -0.3 is 10.8 Å². The van der Waals surface area contributed by atoms with Crippen LogP contribution in [-0.4, -0.2) is 17.0 Å². The molecule has 3 N–H and O–H groups in total. The van der Waals surface area contributed by atoms with E-state index in [1.165, 1.54) is 18.2 Å². The number of halogens is 4. The van der Waals surface area contributed by atoms with Crippen LogP contribution in [0.4, 0.5) is 13.2 Å². The number of alkyl halides is 3. The van der Waals surface area contributed by atoms with Crippen LogP contribution in [0, 0.1) is 0 Å². The molecule has 0 amide bonds. The number of hydrogen-bond acceptors (Lipinski definition) is 3. The first-order chi connectivity index (χ1) is 8.77. The molecule has 1 saturated carbocycles. The van der Waals surface area contributed by atoms with Crippen LogP contribution in [0.25, 0.3) is 0 Å². The maximum Gasteiger partial charge on any atom is 0.416 e. The summed E-state index contributed by atoms with van der Waals surface area (Å²) >= 11 is 0. The fourth-order valence-electron chi connectivity index (χ4n) is 2.51. The van der Waals surface area contributed by atoms with Crippen molar-refractivity contribution in [3.05, 3.63) is 35.4 Å². The van der Waals surface area contributed by atoms with Crippen molar-refractivity contribution < 1.29 is 23.1 Å². The van der Waals surface area contributed by atoms with Gasteiger partial charge in [0.2, 0.25) is 0 Å². The maximum absolute atomic E-state index is 13.0. The summed E-state index contributed by atoms with van der Waals surface area (Å²) in [5, 5.41) is 9.56. The average molecular weight is 310 g/mol. The molecule has 0 aliphatic heterocycles. The number of aliphatic hydroxyl groups excluding tert-OH is 1. The van der Waals surface area contributed by atoms with E-state index in [0.717, 1.165) is 6.07 Å². The first kappa shape index (κ1) is 16.9. The van der Waals surface area contributed by atoms with E-state index in [1.54, 1.807) is 0 Å². The zero-order valence-electron chi connectivity index (χ0n) is 10.5. The van der Waals surface area contributed by atoms with E-state index in [1.807, 2.05) is 0 Å². The first-order valence-corrected chi connectivity index (χ1v) is 5.95. The van der Waals surface area contributed by atoms with Crippen LogP contribution >= 0.6 is 12.4 Å². The number of aliphatic hydroxyl groups is 1. The molecule has 2 rings (SSSR count). The molecule has 2 unspecified atom stereocenters. The molecule has 0 spiro atoms. The molecule has 7 heteroatoms. The van der Waals surface area contributed by atoms with Gasteiger partial charge in [0.05, 0.1) is 5.56 Å². The van der Waals surface area contributed by atoms with Gasteiger partial charge in [-0.2, -0.15) is 13.2 Å². The molecule has 0 bridgehead atoms. The summed E-state index contributed by atoms with van der Waals surface area (Å²) in [6.07, 6.45) is -5.11. The van der Waals surface area contributed by atoms with Gasteiger partial charge in [0.25, 0.3) is 0 Å². The Kier molecular flexibility index (Phi) is 4.84. The third-order valence-corrected chi connectivity index (χ3v) is 3.50. The molecule has 1 aliphatic rings. The molecule has 1 fully saturated rings. The fraction of sp³-hybridized carbons (Fsp3) is 0.462. The van der Waals surface area contributed by atoms with Crippen molar-refractivity contribution >= 4 is 18.2 Å². The van der Waals surface area contributed by atoms with Crippen LogP contribution in [0.5, 0.6) is 0 Å². The standard InChI is InChI=1S/C13H14F3NO2.ClH/c14-13(15,16)9-5-2-1-4-8(9)12(17)7-3-6-10(18)11(12)19;/h1-2,4-5,10,18H,3,6-7,17H2;1H. The lowest BCUT2D eigenvalue weighted by Gasteiger charge is -2.36. The van der Waals surface area contributed by atoms with Gasteiger partial charge >= 0.3 is 6.18 Å². The highest BCUT2D eigenvalue weighted by Gasteiger charge is 2.47. The molecule has 2 atom stereocenters. The van der Waals surface area contributed by atoms with Crippen LogP contribution in [0.3, 0.4) is 0 Å². The number of hydrogen-bond donors (Lipinski definition) is 2. The molecule has 1 aromatic carbocycles. The highest BCUT2D eigenvalue weighted by molar-refractivity contribution is 5.94. The molecular weight excluding hydrogens is 295 g/mol. The second kappa shape index (κ2) is 5.71. The van der Waals surface area contributed by atoms with Gasteiger partial charge in [0.15, 0.2) is 5.78 Å². The lowest BCUT2D eigenvalue weighted by molar-refractivity contribution is -0.142. The molecule has 0 aromatic heterocycles. The van der Waals surface area contributed by atoms with E-state index < -0.39 is 29.2 Å². The summed E-state index contributed by atoms with van der Waals surface area (Å²) < 4.78 is 38.9. The van der Waals surface area contributed by atoms with E-state index in [4.69, 9.17) is 5.73 Å². The van der Waals surface area contributed by atoms with Crippen molar-refractivity contribution in [2.75, 3.05) is 0 Å². The number of benzene rings is 1. The topological polar surface area (TPSA) is 63.3 Å². The number of nitrogens with two attached hydrogens (primary N) is 1. The Hall–Kier alpha value is -1.11. The molecule has 1 aromatic rings. The minimum Gasteiger partial charge on any atom is -0.385 e. The van der Waals surface area contributed by atoms with Crippen molar-refractivity contribution in [2.24, 2.45) is 5.73 Å². The van der Waals surface area contributed by atoms with Gasteiger partial charge in [-0.05, 0) is 30.9 Å². The molecule has 20 heavy (non-hydrogen) atoms. The number of carbonyl (C=O) groups excluding carboxylic acids is 1. The summed E-state index contributed by atoms with van der Waals surface area (Å²) in [7, 11) is 0. The van der Waals surface area contributed by atoms with Gasteiger partial charge in [-0.25, -0.2) is 0 Å². The quantitative estimate of drug-likeness (QED) is 0.837. The normalized spacial score (nSPS) is 27.1. The summed E-state index contributed by atoms with van der Waals surface area (Å²) in [5.74, 6) is -0.740. The summed E-state index contributed by atoms with van der Waals surface area (Å²) in [6, 6.07) is 4.77. The lowest BCUT2D eigenvalue weighted by Crippen LogP contribution is -2.53. The molecule has 112 valence electrons. The first-order valence-electron chi connectivity index (χ1n) is 5.95. The zero-order chi connectivity index (χ0) is 14.3. The Morgan fingerprint density at radius 2 is 1.90 bits per heavy atom. The molecular formula is C13H15ClF3NO2. The lowest BCUT2D eigenvalue weighted by atomic mass is 9.73. The Labute approximate surface area is 120 Å². The van der Waals surface area contributed by atoms with Crippen molar-refractivity contribution in [1.29, 1.82) is 0 Å². The maximum atomic E-state index is 13.0. The molecule has 0 saturated heterocycles. The predicted molar refractivity (Wildman–Crippen MR) is 69.4 cm³/mol. The highest BCUT2D eigenvalue weighted by Crippen LogP contribution is 2.40. The van der Waals surface area contributed by atoms with E-state index in [2.05, 4.69) is 0 Å². The average Bonchev–Trinajstić information content (AvgIpc) is 2.35. The highest BCUT2D eigenvalue weighted by atomic mass is 35.5. The van der Waals surface area contributed by atoms with Gasteiger partial charge in [-0.3, -0.25) is 4.79 Å². The number of rotatable bonds is 1. The second-order valence-corrected chi connectivity index (χ2v) is 4.79. The minimum absolute atomic E-state index is 0. The van der Waals surface area contributed by atoms with E-state index >= 15 is 0 Å². The van der Waals surface area contributed by atoms with Crippen LogP contribution in [0.1, 0.15) is 30.4 Å². The fourth-order valence-corrected chi connectivity index (χ4v) is 2.51. The monoisotopic (exact) mass is 309 g/mol. The largest absolute Gasteiger partial charge is 0.416 e. The molecule has 0 heterocycles. The minimum atomic E-state index is -4.58. The molecule has 1 aliphatic carbocycles. The number of carbonyl (C=O) groups is 1. The van der Waals surface area contributed by atoms with Gasteiger partial charge in [0, 0.05) is 0 Å². The van der Waals surface area contributed by atoms with Gasteiger partial charge in [0.1, 0.15) is 11.6 Å².